The largest absolute Gasteiger partial charge is 0.494 e. The molecule has 114 valence electrons. The summed E-state index contributed by atoms with van der Waals surface area (Å²) in [6.45, 7) is 5.01. The van der Waals surface area contributed by atoms with Gasteiger partial charge < -0.3 is 10.1 Å². The van der Waals surface area contributed by atoms with Crippen LogP contribution in [0.5, 0.6) is 5.75 Å². The second kappa shape index (κ2) is 6.94. The van der Waals surface area contributed by atoms with Crippen molar-refractivity contribution >= 4 is 31.9 Å². The number of aryl methyl sites for hydroxylation is 1. The summed E-state index contributed by atoms with van der Waals surface area (Å²) < 4.78 is 9.11. The quantitative estimate of drug-likeness (QED) is 0.796. The zero-order valence-corrected chi connectivity index (χ0v) is 15.7. The van der Waals surface area contributed by atoms with Crippen molar-refractivity contribution in [3.63, 3.8) is 0 Å². The van der Waals surface area contributed by atoms with Crippen molar-refractivity contribution in [3.8, 4) is 5.75 Å². The molecule has 0 aliphatic rings. The molecular formula is C15H19Br2N3O. The smallest absolute Gasteiger partial charge is 0.147 e. The van der Waals surface area contributed by atoms with E-state index in [2.05, 4.69) is 68.3 Å². The highest BCUT2D eigenvalue weighted by atomic mass is 79.9. The number of methoxy groups -OCH3 is 1. The third-order valence-electron chi connectivity index (χ3n) is 3.61. The van der Waals surface area contributed by atoms with E-state index in [1.165, 1.54) is 16.8 Å². The third kappa shape index (κ3) is 3.67. The Balaban J connectivity index is 2.08. The first-order valence-electron chi connectivity index (χ1n) is 6.67. The number of rotatable bonds is 5. The van der Waals surface area contributed by atoms with Crippen molar-refractivity contribution in [3.05, 3.63) is 44.1 Å². The maximum Gasteiger partial charge on any atom is 0.147 e. The van der Waals surface area contributed by atoms with E-state index in [-0.39, 0.29) is 6.04 Å². The molecule has 0 aliphatic heterocycles. The Morgan fingerprint density at radius 1 is 1.33 bits per heavy atom. The Labute approximate surface area is 142 Å². The number of benzene rings is 1. The molecule has 0 saturated carbocycles. The topological polar surface area (TPSA) is 39.1 Å². The summed E-state index contributed by atoms with van der Waals surface area (Å²) in [5.41, 5.74) is 3.60. The Morgan fingerprint density at radius 2 is 1.95 bits per heavy atom. The molecule has 0 unspecified atom stereocenters. The van der Waals surface area contributed by atoms with Crippen LogP contribution < -0.4 is 10.1 Å². The minimum absolute atomic E-state index is 0.248. The van der Waals surface area contributed by atoms with Crippen LogP contribution >= 0.6 is 31.9 Å². The van der Waals surface area contributed by atoms with Gasteiger partial charge in [0.1, 0.15) is 5.75 Å². The van der Waals surface area contributed by atoms with Gasteiger partial charge >= 0.3 is 0 Å². The first-order chi connectivity index (χ1) is 9.93. The van der Waals surface area contributed by atoms with Gasteiger partial charge in [0.2, 0.25) is 0 Å². The number of nitrogens with zero attached hydrogens (tertiary/aromatic N) is 2. The molecule has 1 atom stereocenters. The van der Waals surface area contributed by atoms with Crippen LogP contribution in [-0.2, 0) is 13.6 Å². The molecule has 6 heteroatoms. The molecule has 0 fully saturated rings. The minimum atomic E-state index is 0.248. The van der Waals surface area contributed by atoms with Crippen molar-refractivity contribution in [1.82, 2.24) is 15.1 Å². The predicted octanol–water partition coefficient (Wildman–Crippen LogP) is 4.11. The zero-order chi connectivity index (χ0) is 15.6. The van der Waals surface area contributed by atoms with Crippen molar-refractivity contribution in [2.24, 2.45) is 7.05 Å². The Bertz CT molecular complexity index is 617. The Kier molecular flexibility index (Phi) is 5.46. The normalized spacial score (nSPS) is 12.5. The highest BCUT2D eigenvalue weighted by Gasteiger charge is 2.13. The molecule has 0 saturated heterocycles. The number of hydrogen-bond donors (Lipinski definition) is 1. The summed E-state index contributed by atoms with van der Waals surface area (Å²) in [6.07, 6.45) is 1.92. The molecule has 0 aliphatic carbocycles. The van der Waals surface area contributed by atoms with Gasteiger partial charge in [-0.2, -0.15) is 5.10 Å². The fourth-order valence-corrected chi connectivity index (χ4v) is 3.84. The van der Waals surface area contributed by atoms with Crippen LogP contribution in [0.15, 0.2) is 27.3 Å². The number of halogens is 2. The molecule has 2 rings (SSSR count). The van der Waals surface area contributed by atoms with Crippen molar-refractivity contribution in [1.29, 1.82) is 0 Å². The van der Waals surface area contributed by atoms with Crippen LogP contribution in [0.3, 0.4) is 0 Å². The lowest BCUT2D eigenvalue weighted by Gasteiger charge is -2.15. The van der Waals surface area contributed by atoms with Gasteiger partial charge in [0.05, 0.1) is 22.3 Å². The standard InChI is InChI=1S/C15H19Br2N3O/c1-9(12-8-19-20(3)10(12)2)18-7-11-5-13(16)15(21-4)14(17)6-11/h5-6,8-9,18H,7H2,1-4H3/t9-/m0/s1. The SMILES string of the molecule is COc1c(Br)cc(CN[C@@H](C)c2cnn(C)c2C)cc1Br. The van der Waals surface area contributed by atoms with Crippen LogP contribution in [-0.4, -0.2) is 16.9 Å². The van der Waals surface area contributed by atoms with E-state index in [9.17, 15) is 0 Å². The molecule has 21 heavy (non-hydrogen) atoms. The highest BCUT2D eigenvalue weighted by molar-refractivity contribution is 9.11. The number of hydrogen-bond acceptors (Lipinski definition) is 3. The van der Waals surface area contributed by atoms with Crippen LogP contribution in [0.1, 0.15) is 29.8 Å². The zero-order valence-electron chi connectivity index (χ0n) is 12.6. The van der Waals surface area contributed by atoms with E-state index in [1.807, 2.05) is 17.9 Å². The predicted molar refractivity (Wildman–Crippen MR) is 91.6 cm³/mol. The van der Waals surface area contributed by atoms with Crippen LogP contribution in [0.2, 0.25) is 0 Å². The lowest BCUT2D eigenvalue weighted by Crippen LogP contribution is -2.18. The molecule has 0 amide bonds. The van der Waals surface area contributed by atoms with Crippen molar-refractivity contribution < 1.29 is 4.74 Å². The lowest BCUT2D eigenvalue weighted by molar-refractivity contribution is 0.409. The number of nitrogens with one attached hydrogen (secondary N) is 1. The molecular weight excluding hydrogens is 398 g/mol. The monoisotopic (exact) mass is 415 g/mol. The van der Waals surface area contributed by atoms with Crippen LogP contribution in [0, 0.1) is 6.92 Å². The average molecular weight is 417 g/mol. The van der Waals surface area contributed by atoms with E-state index in [0.29, 0.717) is 0 Å². The molecule has 0 radical (unpaired) electrons. The molecule has 0 spiro atoms. The van der Waals surface area contributed by atoms with E-state index in [1.54, 1.807) is 7.11 Å². The first-order valence-corrected chi connectivity index (χ1v) is 8.26. The van der Waals surface area contributed by atoms with Gasteiger partial charge in [-0.15, -0.1) is 0 Å². The maximum atomic E-state index is 5.32. The van der Waals surface area contributed by atoms with Crippen molar-refractivity contribution in [2.45, 2.75) is 26.4 Å². The second-order valence-corrected chi connectivity index (χ2v) is 6.71. The number of aromatic nitrogens is 2. The number of ether oxygens (including phenoxy) is 1. The fraction of sp³-hybridized carbons (Fsp3) is 0.400. The van der Waals surface area contributed by atoms with Gasteiger partial charge in [-0.05, 0) is 63.4 Å². The third-order valence-corrected chi connectivity index (χ3v) is 4.79. The fourth-order valence-electron chi connectivity index (χ4n) is 2.23. The van der Waals surface area contributed by atoms with Gasteiger partial charge in [0.25, 0.3) is 0 Å². The summed E-state index contributed by atoms with van der Waals surface area (Å²) >= 11 is 7.06. The molecule has 1 aromatic heterocycles. The van der Waals surface area contributed by atoms with E-state index >= 15 is 0 Å². The summed E-state index contributed by atoms with van der Waals surface area (Å²) in [6, 6.07) is 4.39. The van der Waals surface area contributed by atoms with Crippen LogP contribution in [0.4, 0.5) is 0 Å². The average Bonchev–Trinajstić information content (AvgIpc) is 2.76. The van der Waals surface area contributed by atoms with Gasteiger partial charge in [-0.25, -0.2) is 0 Å². The summed E-state index contributed by atoms with van der Waals surface area (Å²) in [4.78, 5) is 0. The molecule has 1 N–H and O–H groups in total. The van der Waals surface area contributed by atoms with E-state index in [4.69, 9.17) is 4.74 Å². The van der Waals surface area contributed by atoms with E-state index < -0.39 is 0 Å². The molecule has 4 nitrogen and oxygen atoms in total. The summed E-state index contributed by atoms with van der Waals surface area (Å²) in [5.74, 6) is 0.815. The maximum absolute atomic E-state index is 5.32. The summed E-state index contributed by atoms with van der Waals surface area (Å²) in [7, 11) is 3.62. The molecule has 1 aromatic carbocycles. The highest BCUT2D eigenvalue weighted by Crippen LogP contribution is 2.34. The Hall–Kier alpha value is -0.850. The lowest BCUT2D eigenvalue weighted by atomic mass is 10.1. The van der Waals surface area contributed by atoms with E-state index in [0.717, 1.165) is 21.2 Å². The van der Waals surface area contributed by atoms with Gasteiger partial charge in [-0.1, -0.05) is 0 Å². The van der Waals surface area contributed by atoms with Gasteiger partial charge in [0, 0.05) is 30.9 Å². The second-order valence-electron chi connectivity index (χ2n) is 5.00. The molecule has 2 aromatic rings. The molecule has 0 bridgehead atoms. The first kappa shape index (κ1) is 16.5. The Morgan fingerprint density at radius 3 is 2.43 bits per heavy atom. The minimum Gasteiger partial charge on any atom is -0.494 e. The summed E-state index contributed by atoms with van der Waals surface area (Å²) in [5, 5.41) is 7.81. The van der Waals surface area contributed by atoms with Gasteiger partial charge in [-0.3, -0.25) is 4.68 Å². The molecule has 1 heterocycles. The van der Waals surface area contributed by atoms with Crippen LogP contribution in [0.25, 0.3) is 0 Å². The van der Waals surface area contributed by atoms with Gasteiger partial charge in [0.15, 0.2) is 0 Å². The van der Waals surface area contributed by atoms with Crippen molar-refractivity contribution in [2.75, 3.05) is 7.11 Å².